The number of hydrogen-bond acceptors (Lipinski definition) is 4. The molecule has 0 spiro atoms. The van der Waals surface area contributed by atoms with E-state index in [2.05, 4.69) is 15.4 Å². The number of esters is 1. The van der Waals surface area contributed by atoms with E-state index in [1.54, 1.807) is 24.3 Å². The van der Waals surface area contributed by atoms with Gasteiger partial charge in [-0.15, -0.1) is 0 Å². The first-order valence-electron chi connectivity index (χ1n) is 7.79. The number of nitrogens with one attached hydrogen (secondary N) is 2. The number of rotatable bonds is 6. The maximum Gasteiger partial charge on any atom is 0.339 e. The minimum atomic E-state index is -0.556. The second kappa shape index (κ2) is 8.63. The molecule has 0 aliphatic rings. The molecule has 0 fully saturated rings. The predicted octanol–water partition coefficient (Wildman–Crippen LogP) is 2.43. The molecule has 2 N–H and O–H groups in total. The number of carbonyl (C=O) groups is 3. The summed E-state index contributed by atoms with van der Waals surface area (Å²) in [6, 6.07) is 14.2. The van der Waals surface area contributed by atoms with Crippen LogP contribution in [0.25, 0.3) is 0 Å². The van der Waals surface area contributed by atoms with Crippen LogP contribution in [0.5, 0.6) is 0 Å². The van der Waals surface area contributed by atoms with E-state index in [1.165, 1.54) is 7.11 Å². The molecule has 6 heteroatoms. The predicted molar refractivity (Wildman–Crippen MR) is 94.1 cm³/mol. The Kier molecular flexibility index (Phi) is 6.28. The average molecular weight is 340 g/mol. The molecule has 130 valence electrons. The zero-order chi connectivity index (χ0) is 18.2. The lowest BCUT2D eigenvalue weighted by atomic mass is 10.1. The first kappa shape index (κ1) is 18.2. The Bertz CT molecular complexity index is 786. The van der Waals surface area contributed by atoms with Gasteiger partial charge in [0.2, 0.25) is 11.8 Å². The van der Waals surface area contributed by atoms with E-state index < -0.39 is 17.8 Å². The van der Waals surface area contributed by atoms with Crippen LogP contribution in [0.2, 0.25) is 0 Å². The van der Waals surface area contributed by atoms with Crippen molar-refractivity contribution in [2.75, 3.05) is 12.4 Å². The second-order valence-corrected chi connectivity index (χ2v) is 5.47. The van der Waals surface area contributed by atoms with Crippen LogP contribution >= 0.6 is 0 Å². The summed E-state index contributed by atoms with van der Waals surface area (Å²) in [6.45, 7) is 2.31. The maximum absolute atomic E-state index is 12.0. The molecule has 6 nitrogen and oxygen atoms in total. The molecule has 0 aliphatic carbocycles. The number of hydrogen-bond donors (Lipinski definition) is 2. The van der Waals surface area contributed by atoms with E-state index >= 15 is 0 Å². The Morgan fingerprint density at radius 1 is 0.960 bits per heavy atom. The average Bonchev–Trinajstić information content (AvgIpc) is 2.60. The number of para-hydroxylation sites is 1. The lowest BCUT2D eigenvalue weighted by molar-refractivity contribution is -0.126. The Balaban J connectivity index is 1.91. The molecule has 0 heterocycles. The van der Waals surface area contributed by atoms with Crippen LogP contribution in [-0.4, -0.2) is 24.9 Å². The number of amides is 2. The van der Waals surface area contributed by atoms with Gasteiger partial charge in [0.05, 0.1) is 18.4 Å². The number of methoxy groups -OCH3 is 1. The second-order valence-electron chi connectivity index (χ2n) is 5.47. The van der Waals surface area contributed by atoms with Crippen molar-refractivity contribution in [3.63, 3.8) is 0 Å². The summed E-state index contributed by atoms with van der Waals surface area (Å²) in [6.07, 6.45) is -0.332. The van der Waals surface area contributed by atoms with Gasteiger partial charge in [-0.2, -0.15) is 0 Å². The van der Waals surface area contributed by atoms with Gasteiger partial charge in [0.15, 0.2) is 0 Å². The molecule has 0 unspecified atom stereocenters. The summed E-state index contributed by atoms with van der Waals surface area (Å²) < 4.78 is 4.67. The summed E-state index contributed by atoms with van der Waals surface area (Å²) in [5.74, 6) is -1.45. The van der Waals surface area contributed by atoms with Gasteiger partial charge in [0, 0.05) is 6.54 Å². The first-order chi connectivity index (χ1) is 12.0. The van der Waals surface area contributed by atoms with E-state index in [0.717, 1.165) is 11.1 Å². The van der Waals surface area contributed by atoms with Crippen molar-refractivity contribution in [3.05, 3.63) is 65.2 Å². The highest BCUT2D eigenvalue weighted by molar-refractivity contribution is 6.06. The van der Waals surface area contributed by atoms with Gasteiger partial charge in [-0.3, -0.25) is 9.59 Å². The van der Waals surface area contributed by atoms with E-state index in [9.17, 15) is 14.4 Å². The molecule has 0 atom stereocenters. The summed E-state index contributed by atoms with van der Waals surface area (Å²) in [5.41, 5.74) is 2.61. The third kappa shape index (κ3) is 5.17. The van der Waals surface area contributed by atoms with Crippen molar-refractivity contribution in [2.45, 2.75) is 19.9 Å². The van der Waals surface area contributed by atoms with Crippen molar-refractivity contribution < 1.29 is 19.1 Å². The van der Waals surface area contributed by atoms with Gasteiger partial charge in [0.1, 0.15) is 6.42 Å². The maximum atomic E-state index is 12.0. The molecule has 0 aliphatic heterocycles. The van der Waals surface area contributed by atoms with E-state index in [-0.39, 0.29) is 12.0 Å². The highest BCUT2D eigenvalue weighted by atomic mass is 16.5. The van der Waals surface area contributed by atoms with Gasteiger partial charge in [-0.1, -0.05) is 36.4 Å². The number of carbonyl (C=O) groups excluding carboxylic acids is 3. The Labute approximate surface area is 146 Å². The van der Waals surface area contributed by atoms with Crippen LogP contribution in [0.4, 0.5) is 5.69 Å². The molecular weight excluding hydrogens is 320 g/mol. The fourth-order valence-electron chi connectivity index (χ4n) is 2.29. The van der Waals surface area contributed by atoms with Gasteiger partial charge in [0.25, 0.3) is 0 Å². The van der Waals surface area contributed by atoms with E-state index in [4.69, 9.17) is 0 Å². The minimum Gasteiger partial charge on any atom is -0.465 e. The first-order valence-corrected chi connectivity index (χ1v) is 7.79. The van der Waals surface area contributed by atoms with Crippen LogP contribution in [0.1, 0.15) is 27.9 Å². The lowest BCUT2D eigenvalue weighted by Crippen LogP contribution is -2.28. The lowest BCUT2D eigenvalue weighted by Gasteiger charge is -2.10. The largest absolute Gasteiger partial charge is 0.465 e. The standard InChI is InChI=1S/C19H20N2O4/c1-13-7-3-4-8-14(13)12-20-17(22)11-18(23)21-16-10-6-5-9-15(16)19(24)25-2/h3-10H,11-12H2,1-2H3,(H,20,22)(H,21,23). The highest BCUT2D eigenvalue weighted by Crippen LogP contribution is 2.16. The van der Waals surface area contributed by atoms with Gasteiger partial charge in [-0.25, -0.2) is 4.79 Å². The zero-order valence-corrected chi connectivity index (χ0v) is 14.2. The van der Waals surface area contributed by atoms with Gasteiger partial charge >= 0.3 is 5.97 Å². The number of benzene rings is 2. The van der Waals surface area contributed by atoms with Crippen LogP contribution in [0, 0.1) is 6.92 Å². The quantitative estimate of drug-likeness (QED) is 0.625. The van der Waals surface area contributed by atoms with Crippen molar-refractivity contribution in [2.24, 2.45) is 0 Å². The summed E-state index contributed by atoms with van der Waals surface area (Å²) >= 11 is 0. The van der Waals surface area contributed by atoms with Crippen molar-refractivity contribution >= 4 is 23.5 Å². The number of anilines is 1. The van der Waals surface area contributed by atoms with Crippen LogP contribution in [-0.2, 0) is 20.9 Å². The summed E-state index contributed by atoms with van der Waals surface area (Å²) in [5, 5.41) is 5.28. The normalized spacial score (nSPS) is 10.0. The Hall–Kier alpha value is -3.15. The third-order valence-electron chi connectivity index (χ3n) is 3.66. The van der Waals surface area contributed by atoms with E-state index in [0.29, 0.717) is 12.2 Å². The smallest absolute Gasteiger partial charge is 0.339 e. The van der Waals surface area contributed by atoms with E-state index in [1.807, 2.05) is 31.2 Å². The van der Waals surface area contributed by atoms with Gasteiger partial charge < -0.3 is 15.4 Å². The topological polar surface area (TPSA) is 84.5 Å². The molecule has 2 amide bonds. The molecule has 2 aromatic rings. The molecule has 0 aromatic heterocycles. The minimum absolute atomic E-state index is 0.235. The molecule has 2 aromatic carbocycles. The molecule has 0 saturated heterocycles. The van der Waals surface area contributed by atoms with Crippen molar-refractivity contribution in [3.8, 4) is 0 Å². The fraction of sp³-hybridized carbons (Fsp3) is 0.211. The highest BCUT2D eigenvalue weighted by Gasteiger charge is 2.15. The van der Waals surface area contributed by atoms with Crippen molar-refractivity contribution in [1.82, 2.24) is 5.32 Å². The third-order valence-corrected chi connectivity index (χ3v) is 3.66. The molecule has 0 bridgehead atoms. The molecular formula is C19H20N2O4. The van der Waals surface area contributed by atoms with Crippen LogP contribution < -0.4 is 10.6 Å². The Morgan fingerprint density at radius 2 is 1.64 bits per heavy atom. The molecule has 25 heavy (non-hydrogen) atoms. The Morgan fingerprint density at radius 3 is 2.36 bits per heavy atom. The fourth-order valence-corrected chi connectivity index (χ4v) is 2.29. The summed E-state index contributed by atoms with van der Waals surface area (Å²) in [4.78, 5) is 35.7. The van der Waals surface area contributed by atoms with Crippen molar-refractivity contribution in [1.29, 1.82) is 0 Å². The molecule has 0 saturated carbocycles. The molecule has 0 radical (unpaired) electrons. The SMILES string of the molecule is COC(=O)c1ccccc1NC(=O)CC(=O)NCc1ccccc1C. The molecule has 2 rings (SSSR count). The van der Waals surface area contributed by atoms with Gasteiger partial charge in [-0.05, 0) is 30.2 Å². The van der Waals surface area contributed by atoms with Crippen LogP contribution in [0.3, 0.4) is 0 Å². The number of ether oxygens (including phenoxy) is 1. The van der Waals surface area contributed by atoms with Crippen LogP contribution in [0.15, 0.2) is 48.5 Å². The monoisotopic (exact) mass is 340 g/mol. The number of aryl methyl sites for hydroxylation is 1. The summed E-state index contributed by atoms with van der Waals surface area (Å²) in [7, 11) is 1.26. The zero-order valence-electron chi connectivity index (χ0n) is 14.2.